The Bertz CT molecular complexity index is 1220. The molecule has 11 nitrogen and oxygen atoms in total. The molecule has 0 bridgehead atoms. The Morgan fingerprint density at radius 1 is 1.02 bits per heavy atom. The van der Waals surface area contributed by atoms with Crippen LogP contribution >= 0.6 is 0 Å². The molecule has 0 N–H and O–H groups in total. The maximum absolute atomic E-state index is 13.3. The van der Waals surface area contributed by atoms with Crippen molar-refractivity contribution >= 4 is 0 Å². The lowest BCUT2D eigenvalue weighted by atomic mass is 10.0. The second-order valence-corrected chi connectivity index (χ2v) is 12.7. The number of aromatic nitrogens is 5. The van der Waals surface area contributed by atoms with Gasteiger partial charge in [0, 0.05) is 18.8 Å². The first-order chi connectivity index (χ1) is 20.8. The van der Waals surface area contributed by atoms with E-state index >= 15 is 0 Å². The van der Waals surface area contributed by atoms with Gasteiger partial charge >= 0.3 is 5.69 Å². The lowest BCUT2D eigenvalue weighted by Crippen LogP contribution is -2.41. The van der Waals surface area contributed by atoms with Gasteiger partial charge in [0.1, 0.15) is 18.5 Å². The lowest BCUT2D eigenvalue weighted by Gasteiger charge is -2.23. The predicted molar refractivity (Wildman–Crippen MR) is 166 cm³/mol. The largest absolute Gasteiger partial charge is 0.353 e. The van der Waals surface area contributed by atoms with Crippen molar-refractivity contribution in [3.05, 3.63) is 45.0 Å². The van der Waals surface area contributed by atoms with Crippen LogP contribution < -0.4 is 11.2 Å². The molecule has 4 atom stereocenters. The van der Waals surface area contributed by atoms with Crippen molar-refractivity contribution in [3.63, 3.8) is 0 Å². The fourth-order valence-electron chi connectivity index (χ4n) is 6.02. The summed E-state index contributed by atoms with van der Waals surface area (Å²) in [4.78, 5) is 28.1. The Hall–Kier alpha value is -2.34. The van der Waals surface area contributed by atoms with E-state index in [9.17, 15) is 9.59 Å². The molecule has 2 saturated heterocycles. The Labute approximate surface area is 256 Å². The van der Waals surface area contributed by atoms with Crippen LogP contribution in [0.5, 0.6) is 0 Å². The first kappa shape index (κ1) is 33.6. The molecule has 4 heterocycles. The van der Waals surface area contributed by atoms with Crippen molar-refractivity contribution in [2.45, 2.75) is 141 Å². The average Bonchev–Trinajstić information content (AvgIpc) is 3.33. The minimum atomic E-state index is -0.679. The van der Waals surface area contributed by atoms with Crippen molar-refractivity contribution in [3.8, 4) is 0 Å². The van der Waals surface area contributed by atoms with Crippen LogP contribution in [0.25, 0.3) is 0 Å². The van der Waals surface area contributed by atoms with E-state index in [0.717, 1.165) is 32.2 Å². The summed E-state index contributed by atoms with van der Waals surface area (Å²) >= 11 is 0. The van der Waals surface area contributed by atoms with Crippen molar-refractivity contribution < 1.29 is 14.2 Å². The molecule has 2 fully saturated rings. The molecule has 2 aliphatic rings. The van der Waals surface area contributed by atoms with Gasteiger partial charge in [0.2, 0.25) is 5.79 Å². The number of unbranched alkanes of at least 4 members (excludes halogenated alkanes) is 8. The van der Waals surface area contributed by atoms with Crippen LogP contribution in [0.3, 0.4) is 0 Å². The number of hydrogen-bond acceptors (Lipinski definition) is 8. The van der Waals surface area contributed by atoms with E-state index in [1.165, 1.54) is 85.6 Å². The number of hydrogen-bond donors (Lipinski definition) is 0. The van der Waals surface area contributed by atoms with E-state index in [-0.39, 0.29) is 30.5 Å². The minimum absolute atomic E-state index is 0.0408. The molecule has 0 radical (unpaired) electrons. The highest BCUT2D eigenvalue weighted by atomic mass is 16.8. The third kappa shape index (κ3) is 10.4. The van der Waals surface area contributed by atoms with Crippen LogP contribution in [-0.4, -0.2) is 74.3 Å². The topological polar surface area (TPSA) is 109 Å². The molecule has 0 saturated carbocycles. The van der Waals surface area contributed by atoms with Crippen LogP contribution in [0, 0.1) is 0 Å². The Balaban J connectivity index is 1.34. The summed E-state index contributed by atoms with van der Waals surface area (Å²) in [5, 5.41) is 8.55. The SMILES string of the molecule is CCCCCCCCC(CCCCCC)OC1(Cn2cc(Cn3c(=O)ccn([C@H]4CC[C@@H](CN(C)C)O4)c3=O)nn2)CO1. The quantitative estimate of drug-likeness (QED) is 0.149. The van der Waals surface area contributed by atoms with Crippen LogP contribution in [0.1, 0.15) is 116 Å². The van der Waals surface area contributed by atoms with Gasteiger partial charge < -0.3 is 19.1 Å². The summed E-state index contributed by atoms with van der Waals surface area (Å²) < 4.78 is 23.0. The van der Waals surface area contributed by atoms with E-state index in [1.807, 2.05) is 14.1 Å². The maximum atomic E-state index is 13.3. The van der Waals surface area contributed by atoms with E-state index in [0.29, 0.717) is 18.8 Å². The van der Waals surface area contributed by atoms with Crippen LogP contribution in [0.15, 0.2) is 28.0 Å². The third-order valence-electron chi connectivity index (χ3n) is 8.48. The summed E-state index contributed by atoms with van der Waals surface area (Å²) in [6, 6.07) is 1.42. The molecular weight excluding hydrogens is 548 g/mol. The van der Waals surface area contributed by atoms with Gasteiger partial charge in [-0.3, -0.25) is 13.9 Å². The Morgan fingerprint density at radius 2 is 1.70 bits per heavy atom. The Morgan fingerprint density at radius 3 is 2.37 bits per heavy atom. The fourth-order valence-corrected chi connectivity index (χ4v) is 6.02. The van der Waals surface area contributed by atoms with Gasteiger partial charge in [-0.15, -0.1) is 5.10 Å². The molecule has 11 heteroatoms. The summed E-state index contributed by atoms with van der Waals surface area (Å²) in [6.07, 6.45) is 19.4. The molecule has 43 heavy (non-hydrogen) atoms. The van der Waals surface area contributed by atoms with E-state index in [2.05, 4.69) is 29.1 Å². The smallest absolute Gasteiger partial charge is 0.333 e. The maximum Gasteiger partial charge on any atom is 0.333 e. The van der Waals surface area contributed by atoms with Crippen molar-refractivity contribution in [1.82, 2.24) is 29.0 Å². The normalized spacial score (nSPS) is 22.4. The van der Waals surface area contributed by atoms with Crippen LogP contribution in [0.2, 0.25) is 0 Å². The molecule has 2 unspecified atom stereocenters. The first-order valence-electron chi connectivity index (χ1n) is 16.7. The summed E-state index contributed by atoms with van der Waals surface area (Å²) in [6.45, 7) is 6.28. The first-order valence-corrected chi connectivity index (χ1v) is 16.7. The third-order valence-corrected chi connectivity index (χ3v) is 8.48. The molecule has 0 aromatic carbocycles. The van der Waals surface area contributed by atoms with Crippen molar-refractivity contribution in [2.75, 3.05) is 27.2 Å². The van der Waals surface area contributed by atoms with Crippen LogP contribution in [0.4, 0.5) is 0 Å². The van der Waals surface area contributed by atoms with Gasteiger partial charge in [-0.2, -0.15) is 0 Å². The van der Waals surface area contributed by atoms with Gasteiger partial charge in [-0.1, -0.05) is 83.3 Å². The van der Waals surface area contributed by atoms with E-state index in [4.69, 9.17) is 14.2 Å². The molecule has 2 aliphatic heterocycles. The predicted octanol–water partition coefficient (Wildman–Crippen LogP) is 4.72. The van der Waals surface area contributed by atoms with Crippen LogP contribution in [-0.2, 0) is 27.3 Å². The molecule has 0 spiro atoms. The zero-order valence-corrected chi connectivity index (χ0v) is 26.9. The minimum Gasteiger partial charge on any atom is -0.353 e. The van der Waals surface area contributed by atoms with Crippen molar-refractivity contribution in [2.24, 2.45) is 0 Å². The van der Waals surface area contributed by atoms with Gasteiger partial charge in [0.15, 0.2) is 0 Å². The number of ether oxygens (including phenoxy) is 3. The van der Waals surface area contributed by atoms with Crippen molar-refractivity contribution in [1.29, 1.82) is 0 Å². The summed E-state index contributed by atoms with van der Waals surface area (Å²) in [5.74, 6) is -0.679. The Kier molecular flexibility index (Phi) is 13.0. The van der Waals surface area contributed by atoms with Gasteiger partial charge in [-0.05, 0) is 39.8 Å². The molecule has 2 aromatic rings. The highest BCUT2D eigenvalue weighted by Crippen LogP contribution is 2.34. The van der Waals surface area contributed by atoms with Gasteiger partial charge in [-0.25, -0.2) is 9.48 Å². The number of epoxide rings is 1. The zero-order valence-electron chi connectivity index (χ0n) is 26.9. The number of nitrogens with zero attached hydrogens (tertiary/aromatic N) is 6. The second-order valence-electron chi connectivity index (χ2n) is 12.7. The van der Waals surface area contributed by atoms with Gasteiger partial charge in [0.25, 0.3) is 5.56 Å². The fraction of sp³-hybridized carbons (Fsp3) is 0.812. The lowest BCUT2D eigenvalue weighted by molar-refractivity contribution is -0.107. The molecule has 4 rings (SSSR count). The molecule has 242 valence electrons. The summed E-state index contributed by atoms with van der Waals surface area (Å²) in [5.41, 5.74) is -0.234. The standard InChI is InChI=1S/C32H54N6O5/c1-5-7-9-11-12-14-16-27(15-13-10-8-6-2)43-32(25-41-32)24-36-21-26(33-34-36)22-38-29(39)19-20-37(31(38)40)30-18-17-28(42-30)23-35(3)4/h19-21,27-28,30H,5-18,22-25H2,1-4H3/t27?,28-,30+,32?/m0/s1. The zero-order chi connectivity index (χ0) is 30.7. The molecule has 0 aliphatic carbocycles. The van der Waals surface area contributed by atoms with E-state index < -0.39 is 11.5 Å². The highest BCUT2D eigenvalue weighted by molar-refractivity contribution is 4.98. The highest BCUT2D eigenvalue weighted by Gasteiger charge is 2.48. The molecular formula is C32H54N6O5. The molecule has 0 amide bonds. The second kappa shape index (κ2) is 16.7. The monoisotopic (exact) mass is 602 g/mol. The number of likely N-dealkylation sites (N-methyl/N-ethyl adjacent to an activating group) is 1. The summed E-state index contributed by atoms with van der Waals surface area (Å²) in [7, 11) is 4.01. The number of rotatable bonds is 21. The van der Waals surface area contributed by atoms with Gasteiger partial charge in [0.05, 0.1) is 31.5 Å². The van der Waals surface area contributed by atoms with E-state index in [1.54, 1.807) is 10.9 Å². The average molecular weight is 603 g/mol. The molecule has 2 aromatic heterocycles.